The maximum Gasteiger partial charge on any atom is 0.407 e. The van der Waals surface area contributed by atoms with Gasteiger partial charge in [-0.25, -0.2) is 9.59 Å². The molecule has 4 aromatic rings. The first kappa shape index (κ1) is 33.1. The largest absolute Gasteiger partial charge is 0.444 e. The van der Waals surface area contributed by atoms with E-state index in [4.69, 9.17) is 9.47 Å². The molecule has 44 heavy (non-hydrogen) atoms. The zero-order chi connectivity index (χ0) is 31.2. The fraction of sp³-hybridized carbons (Fsp3) is 0.394. The second kappa shape index (κ2) is 16.9. The summed E-state index contributed by atoms with van der Waals surface area (Å²) in [5.74, 6) is 0. The number of carbonyl (C=O) groups is 2. The number of carbonyl (C=O) groups excluding carboxylic acids is 2. The van der Waals surface area contributed by atoms with Crippen LogP contribution in [0, 0.1) is 5.41 Å². The number of thiazole rings is 2. The highest BCUT2D eigenvalue weighted by Crippen LogP contribution is 2.18. The van der Waals surface area contributed by atoms with Gasteiger partial charge in [0, 0.05) is 44.1 Å². The predicted octanol–water partition coefficient (Wildman–Crippen LogP) is 6.32. The Morgan fingerprint density at radius 1 is 0.750 bits per heavy atom. The normalized spacial score (nSPS) is 12.8. The lowest BCUT2D eigenvalue weighted by molar-refractivity contribution is 0.119. The van der Waals surface area contributed by atoms with E-state index < -0.39 is 12.2 Å². The summed E-state index contributed by atoms with van der Waals surface area (Å²) in [7, 11) is 0. The Morgan fingerprint density at radius 2 is 1.18 bits per heavy atom. The molecule has 2 heterocycles. The van der Waals surface area contributed by atoms with Gasteiger partial charge in [0.25, 0.3) is 0 Å². The summed E-state index contributed by atoms with van der Waals surface area (Å²) < 4.78 is 11.1. The van der Waals surface area contributed by atoms with Gasteiger partial charge in [0.15, 0.2) is 0 Å². The molecule has 9 nitrogen and oxygen atoms in total. The molecule has 234 valence electrons. The molecule has 0 aliphatic heterocycles. The van der Waals surface area contributed by atoms with Crippen LogP contribution in [0.2, 0.25) is 0 Å². The Bertz CT molecular complexity index is 1280. The zero-order valence-electron chi connectivity index (χ0n) is 25.5. The van der Waals surface area contributed by atoms with Crippen molar-refractivity contribution < 1.29 is 19.1 Å². The molecular weight excluding hydrogens is 595 g/mol. The monoisotopic (exact) mass is 635 g/mol. The number of nitrogens with one attached hydrogen (secondary N) is 2. The first-order chi connectivity index (χ1) is 21.2. The zero-order valence-corrected chi connectivity index (χ0v) is 27.1. The number of ether oxygens (including phenoxy) is 2. The third kappa shape index (κ3) is 12.4. The third-order valence-corrected chi connectivity index (χ3v) is 8.11. The second-order valence-corrected chi connectivity index (χ2v) is 13.8. The molecule has 0 aliphatic carbocycles. The maximum atomic E-state index is 12.9. The first-order valence-electron chi connectivity index (χ1n) is 14.6. The molecule has 0 saturated heterocycles. The van der Waals surface area contributed by atoms with E-state index in [1.807, 2.05) is 36.4 Å². The third-order valence-electron chi connectivity index (χ3n) is 6.61. The molecule has 2 atom stereocenters. The van der Waals surface area contributed by atoms with Gasteiger partial charge < -0.3 is 20.1 Å². The summed E-state index contributed by atoms with van der Waals surface area (Å²) in [6.45, 7) is 8.78. The highest BCUT2D eigenvalue weighted by atomic mass is 32.1. The number of aromatic nitrogens is 2. The molecule has 0 radical (unpaired) electrons. The average molecular weight is 636 g/mol. The first-order valence-corrected chi connectivity index (χ1v) is 16.4. The van der Waals surface area contributed by atoms with Gasteiger partial charge in [-0.1, -0.05) is 81.4 Å². The summed E-state index contributed by atoms with van der Waals surface area (Å²) in [6.07, 6.45) is 3.72. The number of amides is 2. The molecule has 2 amide bonds. The van der Waals surface area contributed by atoms with E-state index >= 15 is 0 Å². The van der Waals surface area contributed by atoms with Crippen LogP contribution in [-0.2, 0) is 35.5 Å². The van der Waals surface area contributed by atoms with Crippen LogP contribution in [0.5, 0.6) is 0 Å². The van der Waals surface area contributed by atoms with Crippen molar-refractivity contribution in [3.8, 4) is 0 Å². The van der Waals surface area contributed by atoms with Crippen LogP contribution in [0.15, 0.2) is 84.1 Å². The number of alkyl carbamates (subject to hydrolysis) is 2. The van der Waals surface area contributed by atoms with Gasteiger partial charge in [-0.15, -0.1) is 22.7 Å². The predicted molar refractivity (Wildman–Crippen MR) is 175 cm³/mol. The molecule has 0 spiro atoms. The fourth-order valence-corrected chi connectivity index (χ4v) is 5.95. The number of benzene rings is 2. The lowest BCUT2D eigenvalue weighted by Gasteiger charge is -2.35. The smallest absolute Gasteiger partial charge is 0.407 e. The summed E-state index contributed by atoms with van der Waals surface area (Å²) in [6, 6.07) is 19.7. The van der Waals surface area contributed by atoms with Crippen LogP contribution in [0.3, 0.4) is 0 Å². The van der Waals surface area contributed by atoms with E-state index in [9.17, 15) is 9.59 Å². The van der Waals surface area contributed by atoms with Gasteiger partial charge >= 0.3 is 12.2 Å². The van der Waals surface area contributed by atoms with Crippen molar-refractivity contribution in [3.05, 3.63) is 105 Å². The molecule has 0 saturated carbocycles. The Balaban J connectivity index is 1.49. The lowest BCUT2D eigenvalue weighted by atomic mass is 9.94. The Kier molecular flexibility index (Phi) is 12.7. The van der Waals surface area contributed by atoms with E-state index in [2.05, 4.69) is 70.5 Å². The maximum absolute atomic E-state index is 12.9. The molecule has 0 bridgehead atoms. The molecule has 2 aromatic heterocycles. The van der Waals surface area contributed by atoms with Crippen LogP contribution in [0.1, 0.15) is 41.7 Å². The van der Waals surface area contributed by atoms with Crippen molar-refractivity contribution in [2.24, 2.45) is 5.41 Å². The highest BCUT2D eigenvalue weighted by molar-refractivity contribution is 7.09. The van der Waals surface area contributed by atoms with E-state index in [1.165, 1.54) is 22.7 Å². The van der Waals surface area contributed by atoms with E-state index in [0.29, 0.717) is 25.9 Å². The quantitative estimate of drug-likeness (QED) is 0.157. The van der Waals surface area contributed by atoms with Gasteiger partial charge in [0.05, 0.1) is 20.8 Å². The molecule has 0 aliphatic rings. The summed E-state index contributed by atoms with van der Waals surface area (Å²) in [5.41, 5.74) is 5.62. The van der Waals surface area contributed by atoms with E-state index in [1.54, 1.807) is 23.4 Å². The minimum atomic E-state index is -0.472. The van der Waals surface area contributed by atoms with E-state index in [0.717, 1.165) is 27.4 Å². The fourth-order valence-electron chi connectivity index (χ4n) is 4.93. The molecule has 0 unspecified atom stereocenters. The van der Waals surface area contributed by atoms with Crippen LogP contribution in [-0.4, -0.2) is 58.8 Å². The van der Waals surface area contributed by atoms with Crippen molar-refractivity contribution in [2.75, 3.05) is 19.6 Å². The number of hydrogen-bond acceptors (Lipinski definition) is 9. The molecule has 11 heteroatoms. The topological polar surface area (TPSA) is 106 Å². The van der Waals surface area contributed by atoms with Crippen LogP contribution in [0.4, 0.5) is 9.59 Å². The Labute approximate surface area is 267 Å². The van der Waals surface area contributed by atoms with E-state index in [-0.39, 0.29) is 30.7 Å². The van der Waals surface area contributed by atoms with Crippen LogP contribution < -0.4 is 10.6 Å². The Morgan fingerprint density at radius 3 is 1.55 bits per heavy atom. The highest BCUT2D eigenvalue weighted by Gasteiger charge is 2.26. The number of rotatable bonds is 15. The van der Waals surface area contributed by atoms with Crippen molar-refractivity contribution in [3.63, 3.8) is 0 Å². The molecular formula is C33H41N5O4S2. The number of nitrogens with zero attached hydrogens (tertiary/aromatic N) is 3. The van der Waals surface area contributed by atoms with Gasteiger partial charge in [0.1, 0.15) is 13.2 Å². The lowest BCUT2D eigenvalue weighted by Crippen LogP contribution is -2.52. The average Bonchev–Trinajstić information content (AvgIpc) is 3.70. The number of hydrogen-bond donors (Lipinski definition) is 2. The summed E-state index contributed by atoms with van der Waals surface area (Å²) in [5, 5.41) is 6.22. The summed E-state index contributed by atoms with van der Waals surface area (Å²) >= 11 is 2.89. The molecule has 2 N–H and O–H groups in total. The summed E-state index contributed by atoms with van der Waals surface area (Å²) in [4.78, 5) is 38.1. The molecule has 2 aromatic carbocycles. The van der Waals surface area contributed by atoms with Crippen molar-refractivity contribution in [1.29, 1.82) is 0 Å². The standard InChI is InChI=1S/C33H41N5O4S2/c1-33(2,3)22-38(18-27(14-25-10-6-4-7-11-25)36-31(39)41-20-29-16-34-23-43-29)19-28(15-26-12-8-5-9-13-26)37-32(40)42-21-30-17-35-24-44-30/h4-13,16-17,23-24,27-28H,14-15,18-22H2,1-3H3,(H,36,39)(H,37,40)/t27-,28-/m0/s1. The SMILES string of the molecule is CC(C)(C)CN(C[C@H](Cc1ccccc1)NC(=O)OCc1cncs1)C[C@H](Cc1ccccc1)NC(=O)OCc1cncs1. The van der Waals surface area contributed by atoms with Gasteiger partial charge in [-0.3, -0.25) is 14.9 Å². The minimum absolute atomic E-state index is 0.0338. The van der Waals surface area contributed by atoms with Crippen LogP contribution in [0.25, 0.3) is 0 Å². The molecule has 4 rings (SSSR count). The van der Waals surface area contributed by atoms with Crippen molar-refractivity contribution in [2.45, 2.75) is 58.9 Å². The van der Waals surface area contributed by atoms with Crippen molar-refractivity contribution in [1.82, 2.24) is 25.5 Å². The van der Waals surface area contributed by atoms with Gasteiger partial charge in [-0.05, 0) is 29.4 Å². The van der Waals surface area contributed by atoms with Gasteiger partial charge in [-0.2, -0.15) is 0 Å². The minimum Gasteiger partial charge on any atom is -0.444 e. The Hall–Kier alpha value is -3.80. The van der Waals surface area contributed by atoms with Gasteiger partial charge in [0.2, 0.25) is 0 Å². The van der Waals surface area contributed by atoms with Crippen molar-refractivity contribution >= 4 is 34.9 Å². The van der Waals surface area contributed by atoms with Crippen LogP contribution >= 0.6 is 22.7 Å². The molecule has 0 fully saturated rings. The second-order valence-electron chi connectivity index (χ2n) is 11.9.